The molecule has 0 aliphatic rings. The summed E-state index contributed by atoms with van der Waals surface area (Å²) in [5, 5.41) is 10.6. The number of rotatable bonds is 6. The summed E-state index contributed by atoms with van der Waals surface area (Å²) in [4.78, 5) is -0.0678. The van der Waals surface area contributed by atoms with Crippen LogP contribution in [0, 0.1) is 6.92 Å². The lowest BCUT2D eigenvalue weighted by Gasteiger charge is -2.37. The predicted octanol–water partition coefficient (Wildman–Crippen LogP) is 5.32. The SMILES string of the molecule is Cc1ccc(S(=O)(=O)Oc2ccc([C@](C)([C@@H](O)c3ccccc3)C(F)(F)F)cc2)cc1. The summed E-state index contributed by atoms with van der Waals surface area (Å²) >= 11 is 0. The molecule has 0 saturated carbocycles. The first-order valence-corrected chi connectivity index (χ1v) is 10.8. The third-order valence-electron chi connectivity index (χ3n) is 5.22. The molecular weight excluding hydrogens is 429 g/mol. The van der Waals surface area contributed by atoms with E-state index in [2.05, 4.69) is 0 Å². The van der Waals surface area contributed by atoms with Gasteiger partial charge in [-0.25, -0.2) is 0 Å². The van der Waals surface area contributed by atoms with Crippen LogP contribution in [0.15, 0.2) is 83.8 Å². The van der Waals surface area contributed by atoms with Gasteiger partial charge in [0.25, 0.3) is 0 Å². The Morgan fingerprint density at radius 3 is 1.94 bits per heavy atom. The number of aryl methyl sites for hydroxylation is 1. The zero-order chi connectivity index (χ0) is 22.9. The summed E-state index contributed by atoms with van der Waals surface area (Å²) in [6, 6.07) is 18.1. The summed E-state index contributed by atoms with van der Waals surface area (Å²) < 4.78 is 72.1. The second-order valence-corrected chi connectivity index (χ2v) is 8.93. The molecule has 3 aromatic rings. The lowest BCUT2D eigenvalue weighted by atomic mass is 9.74. The van der Waals surface area contributed by atoms with Crippen molar-refractivity contribution in [2.75, 3.05) is 0 Å². The Labute approximate surface area is 179 Å². The molecule has 1 N–H and O–H groups in total. The van der Waals surface area contributed by atoms with Crippen LogP contribution in [0.25, 0.3) is 0 Å². The molecule has 31 heavy (non-hydrogen) atoms. The van der Waals surface area contributed by atoms with Gasteiger partial charge in [-0.3, -0.25) is 0 Å². The van der Waals surface area contributed by atoms with Crippen LogP contribution in [-0.2, 0) is 15.5 Å². The van der Waals surface area contributed by atoms with Crippen molar-refractivity contribution in [3.8, 4) is 5.75 Å². The molecule has 0 spiro atoms. The molecule has 0 saturated heterocycles. The van der Waals surface area contributed by atoms with E-state index in [-0.39, 0.29) is 21.8 Å². The van der Waals surface area contributed by atoms with E-state index in [0.29, 0.717) is 0 Å². The Balaban J connectivity index is 1.93. The van der Waals surface area contributed by atoms with Crippen LogP contribution >= 0.6 is 0 Å². The highest BCUT2D eigenvalue weighted by Gasteiger charge is 2.57. The smallest absolute Gasteiger partial charge is 0.387 e. The van der Waals surface area contributed by atoms with Gasteiger partial charge in [0.05, 0.1) is 6.10 Å². The van der Waals surface area contributed by atoms with Gasteiger partial charge in [0, 0.05) is 0 Å². The number of hydrogen-bond donors (Lipinski definition) is 1. The molecule has 0 unspecified atom stereocenters. The van der Waals surface area contributed by atoms with Gasteiger partial charge in [-0.1, -0.05) is 60.2 Å². The van der Waals surface area contributed by atoms with Crippen molar-refractivity contribution < 1.29 is 30.9 Å². The highest BCUT2D eigenvalue weighted by atomic mass is 32.2. The van der Waals surface area contributed by atoms with Crippen molar-refractivity contribution >= 4 is 10.1 Å². The molecule has 0 aliphatic heterocycles. The van der Waals surface area contributed by atoms with Crippen LogP contribution in [0.2, 0.25) is 0 Å². The molecule has 0 radical (unpaired) electrons. The second kappa shape index (κ2) is 8.36. The van der Waals surface area contributed by atoms with Gasteiger partial charge in [-0.05, 0) is 49.2 Å². The molecule has 164 valence electrons. The average Bonchev–Trinajstić information content (AvgIpc) is 2.73. The van der Waals surface area contributed by atoms with Gasteiger partial charge in [-0.2, -0.15) is 21.6 Å². The molecule has 0 aliphatic carbocycles. The van der Waals surface area contributed by atoms with Gasteiger partial charge in [0.15, 0.2) is 0 Å². The van der Waals surface area contributed by atoms with Crippen molar-refractivity contribution in [2.45, 2.75) is 36.4 Å². The molecule has 0 heterocycles. The first-order valence-electron chi connectivity index (χ1n) is 9.36. The molecule has 0 bridgehead atoms. The van der Waals surface area contributed by atoms with Crippen LogP contribution in [-0.4, -0.2) is 19.7 Å². The molecule has 4 nitrogen and oxygen atoms in total. The fourth-order valence-corrected chi connectivity index (χ4v) is 4.11. The predicted molar refractivity (Wildman–Crippen MR) is 110 cm³/mol. The average molecular weight is 450 g/mol. The van der Waals surface area contributed by atoms with Gasteiger partial charge >= 0.3 is 16.3 Å². The van der Waals surface area contributed by atoms with Crippen molar-refractivity contribution in [1.82, 2.24) is 0 Å². The Morgan fingerprint density at radius 2 is 1.42 bits per heavy atom. The fraction of sp³-hybridized carbons (Fsp3) is 0.217. The van der Waals surface area contributed by atoms with Crippen LogP contribution in [0.1, 0.15) is 29.7 Å². The molecule has 0 aromatic heterocycles. The molecule has 2 atom stereocenters. The van der Waals surface area contributed by atoms with E-state index in [9.17, 15) is 26.7 Å². The summed E-state index contributed by atoms with van der Waals surface area (Å²) in [7, 11) is -4.14. The third kappa shape index (κ3) is 4.60. The van der Waals surface area contributed by atoms with E-state index < -0.39 is 27.8 Å². The number of hydrogen-bond acceptors (Lipinski definition) is 4. The van der Waals surface area contributed by atoms with Crippen molar-refractivity contribution in [1.29, 1.82) is 0 Å². The Bertz CT molecular complexity index is 1130. The zero-order valence-electron chi connectivity index (χ0n) is 16.8. The summed E-state index contributed by atoms with van der Waals surface area (Å²) in [5.41, 5.74) is -1.87. The summed E-state index contributed by atoms with van der Waals surface area (Å²) in [6.07, 6.45) is -6.64. The number of aliphatic hydroxyl groups is 1. The number of alkyl halides is 3. The molecular formula is C23H21F3O4S. The van der Waals surface area contributed by atoms with Crippen molar-refractivity contribution in [2.24, 2.45) is 0 Å². The quantitative estimate of drug-likeness (QED) is 0.517. The van der Waals surface area contributed by atoms with E-state index >= 15 is 0 Å². The largest absolute Gasteiger partial charge is 0.400 e. The van der Waals surface area contributed by atoms with E-state index in [4.69, 9.17) is 4.18 Å². The standard InChI is InChI=1S/C23H21F3O4S/c1-16-8-14-20(15-9-16)31(28,29)30-19-12-10-18(11-13-19)22(2,23(24,25)26)21(27)17-6-4-3-5-7-17/h3-15,21,27H,1-2H3/t21-,22+/m0/s1. The van der Waals surface area contributed by atoms with Crippen molar-refractivity contribution in [3.05, 3.63) is 95.6 Å². The first kappa shape index (κ1) is 22.8. The maximum atomic E-state index is 14.1. The Kier molecular flexibility index (Phi) is 6.16. The number of halogens is 3. The van der Waals surface area contributed by atoms with Crippen LogP contribution < -0.4 is 4.18 Å². The van der Waals surface area contributed by atoms with Gasteiger partial charge < -0.3 is 9.29 Å². The van der Waals surface area contributed by atoms with Crippen LogP contribution in [0.4, 0.5) is 13.2 Å². The second-order valence-electron chi connectivity index (χ2n) is 7.39. The maximum absolute atomic E-state index is 14.1. The maximum Gasteiger partial charge on any atom is 0.400 e. The highest BCUT2D eigenvalue weighted by molar-refractivity contribution is 7.87. The minimum absolute atomic E-state index is 0.0678. The van der Waals surface area contributed by atoms with E-state index in [1.54, 1.807) is 37.3 Å². The lowest BCUT2D eigenvalue weighted by Crippen LogP contribution is -2.44. The summed E-state index contributed by atoms with van der Waals surface area (Å²) in [6.45, 7) is 2.71. The number of benzene rings is 3. The van der Waals surface area contributed by atoms with E-state index in [0.717, 1.165) is 36.8 Å². The Morgan fingerprint density at radius 1 is 0.871 bits per heavy atom. The normalized spacial score (nSPS) is 15.2. The zero-order valence-corrected chi connectivity index (χ0v) is 17.6. The molecule has 3 aromatic carbocycles. The topological polar surface area (TPSA) is 63.6 Å². The van der Waals surface area contributed by atoms with Gasteiger partial charge in [0.2, 0.25) is 0 Å². The highest BCUT2D eigenvalue weighted by Crippen LogP contribution is 2.49. The van der Waals surface area contributed by atoms with E-state index in [1.165, 1.54) is 24.3 Å². The minimum atomic E-state index is -4.78. The molecule has 0 amide bonds. The fourth-order valence-electron chi connectivity index (χ4n) is 3.18. The molecule has 3 rings (SSSR count). The monoisotopic (exact) mass is 450 g/mol. The van der Waals surface area contributed by atoms with Crippen LogP contribution in [0.5, 0.6) is 5.75 Å². The minimum Gasteiger partial charge on any atom is -0.387 e. The summed E-state index contributed by atoms with van der Waals surface area (Å²) in [5.74, 6) is -0.136. The van der Waals surface area contributed by atoms with E-state index in [1.807, 2.05) is 0 Å². The molecule has 0 fully saturated rings. The first-order chi connectivity index (χ1) is 14.4. The van der Waals surface area contributed by atoms with Gasteiger partial charge in [-0.15, -0.1) is 0 Å². The molecule has 8 heteroatoms. The van der Waals surface area contributed by atoms with Gasteiger partial charge in [0.1, 0.15) is 16.1 Å². The van der Waals surface area contributed by atoms with Crippen LogP contribution in [0.3, 0.4) is 0 Å². The third-order valence-corrected chi connectivity index (χ3v) is 6.48. The Hall–Kier alpha value is -2.84. The van der Waals surface area contributed by atoms with Crippen molar-refractivity contribution in [3.63, 3.8) is 0 Å². The lowest BCUT2D eigenvalue weighted by molar-refractivity contribution is -0.214. The number of aliphatic hydroxyl groups excluding tert-OH is 1.